The molecule has 84 valence electrons. The molecular weight excluding hydrogens is 321 g/mol. The van der Waals surface area contributed by atoms with E-state index in [0.717, 1.165) is 0 Å². The van der Waals surface area contributed by atoms with Crippen molar-refractivity contribution in [3.8, 4) is 15.6 Å². The zero-order valence-electron chi connectivity index (χ0n) is 8.62. The van der Waals surface area contributed by atoms with E-state index in [4.69, 9.17) is 9.47 Å². The summed E-state index contributed by atoms with van der Waals surface area (Å²) in [5, 5.41) is 2.56. The van der Waals surface area contributed by atoms with E-state index in [-0.39, 0.29) is 6.61 Å². The van der Waals surface area contributed by atoms with Crippen LogP contribution in [0.4, 0.5) is 10.5 Å². The van der Waals surface area contributed by atoms with Crippen molar-refractivity contribution in [2.24, 2.45) is 0 Å². The Kier molecular flexibility index (Phi) is 5.50. The highest BCUT2D eigenvalue weighted by Crippen LogP contribution is 2.16. The van der Waals surface area contributed by atoms with Crippen LogP contribution in [0.5, 0.6) is 5.75 Å². The number of benzene rings is 1. The molecule has 0 unspecified atom stereocenters. The van der Waals surface area contributed by atoms with E-state index in [1.165, 1.54) is 0 Å². The van der Waals surface area contributed by atoms with E-state index in [1.807, 2.05) is 22.6 Å². The number of carbonyl (C=O) groups excluding carboxylic acids is 1. The van der Waals surface area contributed by atoms with E-state index in [1.54, 1.807) is 31.4 Å². The van der Waals surface area contributed by atoms with Crippen LogP contribution in [0.2, 0.25) is 0 Å². The quantitative estimate of drug-likeness (QED) is 0.684. The van der Waals surface area contributed by atoms with Crippen LogP contribution in [-0.4, -0.2) is 19.8 Å². The molecule has 1 aromatic rings. The van der Waals surface area contributed by atoms with Gasteiger partial charge in [0.05, 0.1) is 7.11 Å². The minimum Gasteiger partial charge on any atom is -0.497 e. The van der Waals surface area contributed by atoms with Crippen LogP contribution in [0, 0.1) is 9.85 Å². The van der Waals surface area contributed by atoms with Crippen molar-refractivity contribution in [3.05, 3.63) is 24.3 Å². The minimum atomic E-state index is -0.535. The lowest BCUT2D eigenvalue weighted by atomic mass is 10.3. The molecule has 0 heterocycles. The van der Waals surface area contributed by atoms with Crippen molar-refractivity contribution in [3.63, 3.8) is 0 Å². The normalized spacial score (nSPS) is 8.62. The van der Waals surface area contributed by atoms with Crippen molar-refractivity contribution >= 4 is 34.4 Å². The van der Waals surface area contributed by atoms with Crippen LogP contribution in [0.25, 0.3) is 0 Å². The van der Waals surface area contributed by atoms with Crippen molar-refractivity contribution in [2.75, 3.05) is 19.0 Å². The molecule has 0 aliphatic rings. The van der Waals surface area contributed by atoms with Gasteiger partial charge < -0.3 is 9.47 Å². The number of rotatable bonds is 3. The lowest BCUT2D eigenvalue weighted by molar-refractivity contribution is 0.176. The zero-order chi connectivity index (χ0) is 11.8. The average Bonchev–Trinajstić information content (AvgIpc) is 2.29. The fourth-order valence-electron chi connectivity index (χ4n) is 0.984. The lowest BCUT2D eigenvalue weighted by Crippen LogP contribution is -2.13. The maximum absolute atomic E-state index is 11.2. The molecule has 0 saturated heterocycles. The number of ether oxygens (including phenoxy) is 2. The van der Waals surface area contributed by atoms with Gasteiger partial charge in [0.15, 0.2) is 6.61 Å². The highest BCUT2D eigenvalue weighted by atomic mass is 127. The average molecular weight is 331 g/mol. The van der Waals surface area contributed by atoms with E-state index in [0.29, 0.717) is 11.4 Å². The second-order valence-corrected chi connectivity index (χ2v) is 3.24. The Morgan fingerprint density at radius 3 is 3.06 bits per heavy atom. The van der Waals surface area contributed by atoms with Crippen molar-refractivity contribution < 1.29 is 14.3 Å². The predicted octanol–water partition coefficient (Wildman–Crippen LogP) is 2.64. The first-order valence-corrected chi connectivity index (χ1v) is 5.50. The fourth-order valence-corrected chi connectivity index (χ4v) is 1.14. The third kappa shape index (κ3) is 4.40. The van der Waals surface area contributed by atoms with Gasteiger partial charge in [0, 0.05) is 34.3 Å². The summed E-state index contributed by atoms with van der Waals surface area (Å²) in [6.07, 6.45) is -0.535. The number of nitrogens with one attached hydrogen (secondary N) is 1. The number of hydrogen-bond donors (Lipinski definition) is 1. The Morgan fingerprint density at radius 2 is 2.38 bits per heavy atom. The van der Waals surface area contributed by atoms with Crippen LogP contribution in [0.3, 0.4) is 0 Å². The molecule has 0 bridgehead atoms. The maximum atomic E-state index is 11.2. The van der Waals surface area contributed by atoms with Gasteiger partial charge in [0.2, 0.25) is 0 Å². The standard InChI is InChI=1S/C11H10INO3/c1-15-10-5-2-4-9(8-10)13-11(14)16-7-3-6-12/h2,4-5,8H,7H2,1H3,(H,13,14). The topological polar surface area (TPSA) is 47.6 Å². The summed E-state index contributed by atoms with van der Waals surface area (Å²) < 4.78 is 12.4. The number of carbonyl (C=O) groups is 1. The third-order valence-electron chi connectivity index (χ3n) is 1.66. The minimum absolute atomic E-state index is 0.0821. The van der Waals surface area contributed by atoms with E-state index in [9.17, 15) is 4.79 Å². The number of methoxy groups -OCH3 is 1. The number of amides is 1. The molecule has 1 amide bonds. The summed E-state index contributed by atoms with van der Waals surface area (Å²) in [5.41, 5.74) is 0.617. The smallest absolute Gasteiger partial charge is 0.412 e. The molecule has 0 atom stereocenters. The van der Waals surface area contributed by atoms with Crippen LogP contribution in [0.15, 0.2) is 24.3 Å². The molecule has 0 saturated carbocycles. The van der Waals surface area contributed by atoms with Crippen LogP contribution in [0.1, 0.15) is 0 Å². The Hall–Kier alpha value is -1.42. The molecule has 4 nitrogen and oxygen atoms in total. The largest absolute Gasteiger partial charge is 0.497 e. The molecule has 0 spiro atoms. The van der Waals surface area contributed by atoms with Crippen molar-refractivity contribution in [1.29, 1.82) is 0 Å². The molecule has 0 aliphatic carbocycles. The van der Waals surface area contributed by atoms with Crippen molar-refractivity contribution in [1.82, 2.24) is 0 Å². The summed E-state index contributed by atoms with van der Waals surface area (Å²) >= 11 is 1.88. The van der Waals surface area contributed by atoms with Crippen LogP contribution >= 0.6 is 22.6 Å². The molecule has 0 aromatic heterocycles. The highest BCUT2D eigenvalue weighted by Gasteiger charge is 2.02. The van der Waals surface area contributed by atoms with Crippen molar-refractivity contribution in [2.45, 2.75) is 0 Å². The molecule has 1 N–H and O–H groups in total. The molecule has 5 heteroatoms. The van der Waals surface area contributed by atoms with Gasteiger partial charge in [0.1, 0.15) is 5.75 Å². The lowest BCUT2D eigenvalue weighted by Gasteiger charge is -2.06. The fraction of sp³-hybridized carbons (Fsp3) is 0.182. The summed E-state index contributed by atoms with van der Waals surface area (Å²) in [7, 11) is 1.56. The monoisotopic (exact) mass is 331 g/mol. The summed E-state index contributed by atoms with van der Waals surface area (Å²) in [6, 6.07) is 7.01. The van der Waals surface area contributed by atoms with Crippen LogP contribution in [-0.2, 0) is 4.74 Å². The Labute approximate surface area is 107 Å². The van der Waals surface area contributed by atoms with E-state index < -0.39 is 6.09 Å². The third-order valence-corrected chi connectivity index (χ3v) is 2.04. The molecule has 1 aromatic carbocycles. The molecule has 0 radical (unpaired) electrons. The SMILES string of the molecule is COc1cccc(NC(=O)OCC#CI)c1. The highest BCUT2D eigenvalue weighted by molar-refractivity contribution is 14.1. The number of anilines is 1. The molecule has 1 rings (SSSR count). The Balaban J connectivity index is 2.51. The first-order valence-electron chi connectivity index (χ1n) is 4.42. The van der Waals surface area contributed by atoms with E-state index in [2.05, 4.69) is 15.2 Å². The first kappa shape index (κ1) is 12.6. The van der Waals surface area contributed by atoms with Crippen LogP contribution < -0.4 is 10.1 Å². The van der Waals surface area contributed by atoms with Gasteiger partial charge in [-0.05, 0) is 16.1 Å². The second-order valence-electron chi connectivity index (χ2n) is 2.70. The number of halogens is 1. The summed E-state index contributed by atoms with van der Waals surface area (Å²) in [6.45, 7) is 0.0821. The van der Waals surface area contributed by atoms with Gasteiger partial charge in [-0.2, -0.15) is 0 Å². The van der Waals surface area contributed by atoms with Gasteiger partial charge in [-0.3, -0.25) is 5.32 Å². The second kappa shape index (κ2) is 6.95. The molecule has 16 heavy (non-hydrogen) atoms. The van der Waals surface area contributed by atoms with E-state index >= 15 is 0 Å². The molecule has 0 aliphatic heterocycles. The van der Waals surface area contributed by atoms with Gasteiger partial charge in [0.25, 0.3) is 0 Å². The molecule has 0 fully saturated rings. The predicted molar refractivity (Wildman–Crippen MR) is 69.8 cm³/mol. The Bertz CT molecular complexity index is 423. The zero-order valence-corrected chi connectivity index (χ0v) is 10.8. The van der Waals surface area contributed by atoms with Gasteiger partial charge in [-0.1, -0.05) is 12.0 Å². The first-order chi connectivity index (χ1) is 7.76. The molecular formula is C11H10INO3. The maximum Gasteiger partial charge on any atom is 0.412 e. The summed E-state index contributed by atoms with van der Waals surface area (Å²) in [4.78, 5) is 11.2. The number of hydrogen-bond acceptors (Lipinski definition) is 3. The van der Waals surface area contributed by atoms with Gasteiger partial charge in [-0.15, -0.1) is 0 Å². The van der Waals surface area contributed by atoms with Gasteiger partial charge in [-0.25, -0.2) is 4.79 Å². The Morgan fingerprint density at radius 1 is 1.56 bits per heavy atom. The van der Waals surface area contributed by atoms with Gasteiger partial charge >= 0.3 is 6.09 Å². The summed E-state index contributed by atoms with van der Waals surface area (Å²) in [5.74, 6) is 3.29.